The van der Waals surface area contributed by atoms with Gasteiger partial charge in [-0.3, -0.25) is 4.94 Å². The lowest BCUT2D eigenvalue weighted by molar-refractivity contribution is -0.0118. The second-order valence-electron chi connectivity index (χ2n) is 2.66. The van der Waals surface area contributed by atoms with Crippen LogP contribution in [0.5, 0.6) is 5.88 Å². The van der Waals surface area contributed by atoms with Gasteiger partial charge in [-0.05, 0) is 0 Å². The van der Waals surface area contributed by atoms with E-state index in [2.05, 4.69) is 14.9 Å². The third kappa shape index (κ3) is 1.69. The summed E-state index contributed by atoms with van der Waals surface area (Å²) < 4.78 is 11.8. The van der Waals surface area contributed by atoms with E-state index in [1.54, 1.807) is 0 Å². The first-order valence-electron chi connectivity index (χ1n) is 4.07. The van der Waals surface area contributed by atoms with Gasteiger partial charge in [-0.2, -0.15) is 4.98 Å². The predicted octanol–water partition coefficient (Wildman–Crippen LogP) is 2.41. The van der Waals surface area contributed by atoms with Gasteiger partial charge < -0.3 is 0 Å². The smallest absolute Gasteiger partial charge is 0.266 e. The Kier molecular flexibility index (Phi) is 2.36. The van der Waals surface area contributed by atoms with Gasteiger partial charge in [0, 0.05) is 22.4 Å². The van der Waals surface area contributed by atoms with Crippen molar-refractivity contribution in [3.8, 4) is 17.3 Å². The predicted molar refractivity (Wildman–Crippen MR) is 49.2 cm³/mol. The van der Waals surface area contributed by atoms with Crippen molar-refractivity contribution in [1.82, 2.24) is 9.97 Å². The van der Waals surface area contributed by atoms with Gasteiger partial charge in [0.15, 0.2) is 5.82 Å². The maximum absolute atomic E-state index is 11.8. The number of aromatic nitrogens is 2. The zero-order valence-corrected chi connectivity index (χ0v) is 7.22. The molecule has 0 aliphatic heterocycles. The normalized spacial score (nSPS) is 9.79. The zero-order chi connectivity index (χ0) is 9.80. The highest BCUT2D eigenvalue weighted by Gasteiger charge is 2.02. The van der Waals surface area contributed by atoms with Crippen LogP contribution in [-0.2, 0) is 0 Å². The number of rotatable bonds is 2. The monoisotopic (exact) mass is 190 g/mol. The van der Waals surface area contributed by atoms with Crippen molar-refractivity contribution < 1.29 is 9.47 Å². The van der Waals surface area contributed by atoms with E-state index in [1.807, 2.05) is 30.3 Å². The van der Waals surface area contributed by atoms with E-state index in [1.165, 1.54) is 12.3 Å². The summed E-state index contributed by atoms with van der Waals surface area (Å²) >= 11 is 0. The van der Waals surface area contributed by atoms with Gasteiger partial charge in [-0.1, -0.05) is 30.3 Å². The third-order valence-corrected chi connectivity index (χ3v) is 1.74. The summed E-state index contributed by atoms with van der Waals surface area (Å²) in [4.78, 5) is 11.4. The van der Waals surface area contributed by atoms with E-state index in [-0.39, 0.29) is 5.88 Å². The molecule has 0 amide bonds. The average Bonchev–Trinajstić information content (AvgIpc) is 2.30. The molecule has 0 spiro atoms. The van der Waals surface area contributed by atoms with Crippen LogP contribution >= 0.6 is 0 Å². The average molecular weight is 190 g/mol. The fourth-order valence-electron chi connectivity index (χ4n) is 1.11. The number of benzene rings is 1. The van der Waals surface area contributed by atoms with E-state index in [4.69, 9.17) is 0 Å². The van der Waals surface area contributed by atoms with E-state index in [0.29, 0.717) is 5.82 Å². The Morgan fingerprint density at radius 2 is 1.86 bits per heavy atom. The van der Waals surface area contributed by atoms with Crippen LogP contribution in [0.2, 0.25) is 0 Å². The van der Waals surface area contributed by atoms with Gasteiger partial charge in [0.05, 0.1) is 0 Å². The maximum Gasteiger partial charge on any atom is 0.266 e. The summed E-state index contributed by atoms with van der Waals surface area (Å²) in [6.45, 7) is 0. The van der Waals surface area contributed by atoms with Crippen LogP contribution in [0.15, 0.2) is 42.6 Å². The summed E-state index contributed by atoms with van der Waals surface area (Å²) in [5.41, 5.74) is 0.825. The summed E-state index contributed by atoms with van der Waals surface area (Å²) in [7, 11) is 0. The molecule has 0 radical (unpaired) electrons. The summed E-state index contributed by atoms with van der Waals surface area (Å²) in [5, 5.41) is 0. The highest BCUT2D eigenvalue weighted by Crippen LogP contribution is 2.16. The van der Waals surface area contributed by atoms with Gasteiger partial charge in [-0.15, -0.1) is 0 Å². The SMILES string of the molecule is FOc1ccnc(-c2ccccc2)n1. The lowest BCUT2D eigenvalue weighted by atomic mass is 10.2. The molecule has 1 heterocycles. The van der Waals surface area contributed by atoms with Crippen molar-refractivity contribution >= 4 is 0 Å². The lowest BCUT2D eigenvalue weighted by Crippen LogP contribution is -1.90. The zero-order valence-electron chi connectivity index (χ0n) is 7.22. The second kappa shape index (κ2) is 3.83. The number of hydrogen-bond donors (Lipinski definition) is 0. The van der Waals surface area contributed by atoms with Crippen molar-refractivity contribution in [2.24, 2.45) is 0 Å². The number of nitrogens with zero attached hydrogens (tertiary/aromatic N) is 2. The molecular weight excluding hydrogens is 183 g/mol. The molecule has 14 heavy (non-hydrogen) atoms. The topological polar surface area (TPSA) is 35.0 Å². The standard InChI is InChI=1S/C10H7FN2O/c11-14-9-6-7-12-10(13-9)8-4-2-1-3-5-8/h1-7H. The quantitative estimate of drug-likeness (QED) is 0.729. The van der Waals surface area contributed by atoms with Crippen LogP contribution in [0.25, 0.3) is 11.4 Å². The van der Waals surface area contributed by atoms with Crippen LogP contribution in [-0.4, -0.2) is 9.97 Å². The minimum Gasteiger partial charge on any atom is -0.273 e. The fourth-order valence-corrected chi connectivity index (χ4v) is 1.11. The number of hydrogen-bond acceptors (Lipinski definition) is 3. The minimum absolute atomic E-state index is 0.0844. The van der Waals surface area contributed by atoms with E-state index < -0.39 is 0 Å². The van der Waals surface area contributed by atoms with E-state index in [0.717, 1.165) is 5.56 Å². The van der Waals surface area contributed by atoms with Crippen molar-refractivity contribution in [2.75, 3.05) is 0 Å². The molecule has 0 atom stereocenters. The summed E-state index contributed by atoms with van der Waals surface area (Å²) in [6.07, 6.45) is 1.45. The molecule has 0 N–H and O–H groups in total. The molecule has 0 aliphatic rings. The van der Waals surface area contributed by atoms with Crippen molar-refractivity contribution in [1.29, 1.82) is 0 Å². The molecule has 0 saturated heterocycles. The first-order chi connectivity index (χ1) is 6.90. The molecule has 0 fully saturated rings. The van der Waals surface area contributed by atoms with Gasteiger partial charge in [0.1, 0.15) is 0 Å². The Bertz CT molecular complexity index is 419. The molecule has 70 valence electrons. The Hall–Kier alpha value is -1.97. The molecule has 4 heteroatoms. The third-order valence-electron chi connectivity index (χ3n) is 1.74. The molecule has 0 unspecified atom stereocenters. The highest BCUT2D eigenvalue weighted by molar-refractivity contribution is 5.54. The van der Waals surface area contributed by atoms with Crippen LogP contribution in [0, 0.1) is 0 Å². The van der Waals surface area contributed by atoms with Crippen molar-refractivity contribution in [3.05, 3.63) is 42.6 Å². The number of halogens is 1. The van der Waals surface area contributed by atoms with Crippen LogP contribution in [0.1, 0.15) is 0 Å². The highest BCUT2D eigenvalue weighted by atomic mass is 19.3. The van der Waals surface area contributed by atoms with Gasteiger partial charge in [0.25, 0.3) is 5.88 Å². The minimum atomic E-state index is -0.0844. The molecule has 0 bridgehead atoms. The largest absolute Gasteiger partial charge is 0.273 e. The molecular formula is C10H7FN2O. The molecule has 2 rings (SSSR count). The van der Waals surface area contributed by atoms with Gasteiger partial charge in [0.2, 0.25) is 0 Å². The molecule has 0 saturated carbocycles. The Balaban J connectivity index is 2.42. The Morgan fingerprint density at radius 1 is 1.07 bits per heavy atom. The molecule has 1 aromatic heterocycles. The van der Waals surface area contributed by atoms with Crippen molar-refractivity contribution in [2.45, 2.75) is 0 Å². The van der Waals surface area contributed by atoms with Gasteiger partial charge in [-0.25, -0.2) is 4.98 Å². The van der Waals surface area contributed by atoms with Gasteiger partial charge >= 0.3 is 0 Å². The maximum atomic E-state index is 11.8. The Morgan fingerprint density at radius 3 is 2.57 bits per heavy atom. The molecule has 0 aliphatic carbocycles. The van der Waals surface area contributed by atoms with Crippen molar-refractivity contribution in [3.63, 3.8) is 0 Å². The van der Waals surface area contributed by atoms with E-state index >= 15 is 0 Å². The fraction of sp³-hybridized carbons (Fsp3) is 0. The molecule has 1 aromatic carbocycles. The van der Waals surface area contributed by atoms with E-state index in [9.17, 15) is 4.53 Å². The summed E-state index contributed by atoms with van der Waals surface area (Å²) in [5.74, 6) is 0.361. The molecule has 2 aromatic rings. The lowest BCUT2D eigenvalue weighted by Gasteiger charge is -1.99. The second-order valence-corrected chi connectivity index (χ2v) is 2.66. The van der Waals surface area contributed by atoms with Crippen LogP contribution < -0.4 is 4.94 Å². The van der Waals surface area contributed by atoms with Crippen LogP contribution in [0.4, 0.5) is 4.53 Å². The summed E-state index contributed by atoms with van der Waals surface area (Å²) in [6, 6.07) is 10.7. The molecule has 3 nitrogen and oxygen atoms in total. The first kappa shape index (κ1) is 8.62. The first-order valence-corrected chi connectivity index (χ1v) is 4.07. The van der Waals surface area contributed by atoms with Crippen LogP contribution in [0.3, 0.4) is 0 Å². The Labute approximate surface area is 80.1 Å².